The van der Waals surface area contributed by atoms with E-state index in [2.05, 4.69) is 32.6 Å². The molecule has 0 saturated carbocycles. The molecule has 2 aromatic carbocycles. The lowest BCUT2D eigenvalue weighted by molar-refractivity contribution is 0.0699. The Bertz CT molecular complexity index is 1070. The Balaban J connectivity index is 2.05. The van der Waals surface area contributed by atoms with E-state index in [0.717, 1.165) is 20.0 Å². The van der Waals surface area contributed by atoms with Crippen LogP contribution in [0, 0.1) is 3.57 Å². The number of para-hydroxylation sites is 1. The molecule has 0 amide bonds. The Labute approximate surface area is 145 Å². The van der Waals surface area contributed by atoms with Gasteiger partial charge < -0.3 is 10.1 Å². The van der Waals surface area contributed by atoms with E-state index in [1.54, 1.807) is 6.07 Å². The van der Waals surface area contributed by atoms with Gasteiger partial charge in [-0.3, -0.25) is 0 Å². The van der Waals surface area contributed by atoms with Crippen LogP contribution in [0.3, 0.4) is 0 Å². The second-order valence-electron chi connectivity index (χ2n) is 5.27. The minimum atomic E-state index is -0.944. The highest BCUT2D eigenvalue weighted by molar-refractivity contribution is 14.1. The monoisotopic (exact) mass is 414 g/mol. The Hall–Kier alpha value is -2.41. The van der Waals surface area contributed by atoms with E-state index in [1.807, 2.05) is 48.7 Å². The van der Waals surface area contributed by atoms with Crippen LogP contribution in [0.2, 0.25) is 0 Å². The number of carbonyl (C=O) groups is 1. The zero-order valence-electron chi connectivity index (χ0n) is 11.9. The number of halogens is 1. The van der Waals surface area contributed by atoms with E-state index < -0.39 is 5.97 Å². The van der Waals surface area contributed by atoms with Gasteiger partial charge in [0.05, 0.1) is 16.8 Å². The van der Waals surface area contributed by atoms with Gasteiger partial charge in [-0.05, 0) is 52.9 Å². The molecule has 0 unspecified atom stereocenters. The molecule has 5 heteroatoms. The van der Waals surface area contributed by atoms with Crippen molar-refractivity contribution in [3.63, 3.8) is 0 Å². The van der Waals surface area contributed by atoms with Crippen molar-refractivity contribution in [2.24, 2.45) is 0 Å². The Kier molecular flexibility index (Phi) is 3.30. The van der Waals surface area contributed by atoms with Crippen LogP contribution in [0.15, 0.2) is 54.7 Å². The molecule has 4 aromatic rings. The highest BCUT2D eigenvalue weighted by Gasteiger charge is 2.15. The van der Waals surface area contributed by atoms with E-state index in [0.29, 0.717) is 16.6 Å². The van der Waals surface area contributed by atoms with Crippen LogP contribution >= 0.6 is 22.6 Å². The molecule has 0 fully saturated rings. The van der Waals surface area contributed by atoms with Crippen molar-refractivity contribution in [2.75, 3.05) is 0 Å². The van der Waals surface area contributed by atoms with Gasteiger partial charge in [0, 0.05) is 31.6 Å². The zero-order chi connectivity index (χ0) is 16.0. The summed E-state index contributed by atoms with van der Waals surface area (Å²) < 4.78 is 0.985. The lowest BCUT2D eigenvalue weighted by Crippen LogP contribution is -2.00. The third-order valence-corrected chi connectivity index (χ3v) is 4.54. The quantitative estimate of drug-likeness (QED) is 0.468. The molecule has 0 aliphatic heterocycles. The largest absolute Gasteiger partial charge is 0.478 e. The number of aromatic carboxylic acids is 1. The fourth-order valence-electron chi connectivity index (χ4n) is 2.80. The molecule has 2 heterocycles. The summed E-state index contributed by atoms with van der Waals surface area (Å²) in [6.07, 6.45) is 1.87. The normalized spacial score (nSPS) is 11.2. The molecule has 112 valence electrons. The molecular weight excluding hydrogens is 403 g/mol. The second kappa shape index (κ2) is 5.34. The predicted octanol–water partition coefficient (Wildman–Crippen LogP) is 4.69. The molecule has 4 nitrogen and oxygen atoms in total. The fourth-order valence-corrected chi connectivity index (χ4v) is 3.29. The minimum Gasteiger partial charge on any atom is -0.478 e. The number of aromatic amines is 1. The highest BCUT2D eigenvalue weighted by Crippen LogP contribution is 2.30. The number of carboxylic acids is 1. The van der Waals surface area contributed by atoms with Crippen LogP contribution in [0.5, 0.6) is 0 Å². The van der Waals surface area contributed by atoms with Crippen LogP contribution in [0.25, 0.3) is 33.1 Å². The molecule has 23 heavy (non-hydrogen) atoms. The standard InChI is InChI=1S/C18H11IN2O2/c19-10-5-6-16-12(7-10)13(18(22)23)8-17(21-16)14-9-20-15-4-2-1-3-11(14)15/h1-9,20H,(H,22,23). The number of hydrogen-bond acceptors (Lipinski definition) is 2. The third kappa shape index (κ3) is 2.37. The lowest BCUT2D eigenvalue weighted by atomic mass is 10.0. The van der Waals surface area contributed by atoms with Gasteiger partial charge in [-0.15, -0.1) is 0 Å². The first kappa shape index (κ1) is 14.2. The van der Waals surface area contributed by atoms with E-state index in [-0.39, 0.29) is 5.56 Å². The SMILES string of the molecule is O=C(O)c1cc(-c2c[nH]c3ccccc23)nc2ccc(I)cc12. The first-order chi connectivity index (χ1) is 11.1. The van der Waals surface area contributed by atoms with Gasteiger partial charge in [0.1, 0.15) is 0 Å². The first-order valence-corrected chi connectivity index (χ1v) is 8.11. The molecular formula is C18H11IN2O2. The second-order valence-corrected chi connectivity index (χ2v) is 6.52. The van der Waals surface area contributed by atoms with Crippen LogP contribution in [0.1, 0.15) is 10.4 Å². The molecule has 0 aliphatic carbocycles. The Morgan fingerprint density at radius 3 is 2.74 bits per heavy atom. The number of aromatic nitrogens is 2. The summed E-state index contributed by atoms with van der Waals surface area (Å²) >= 11 is 2.17. The summed E-state index contributed by atoms with van der Waals surface area (Å²) in [5, 5.41) is 11.3. The van der Waals surface area contributed by atoms with E-state index in [9.17, 15) is 9.90 Å². The van der Waals surface area contributed by atoms with Crippen LogP contribution in [-0.4, -0.2) is 21.0 Å². The van der Waals surface area contributed by atoms with Gasteiger partial charge in [0.15, 0.2) is 0 Å². The summed E-state index contributed by atoms with van der Waals surface area (Å²) in [5.41, 5.74) is 3.53. The van der Waals surface area contributed by atoms with E-state index >= 15 is 0 Å². The summed E-state index contributed by atoms with van der Waals surface area (Å²) in [6.45, 7) is 0. The van der Waals surface area contributed by atoms with Crippen LogP contribution in [0.4, 0.5) is 0 Å². The molecule has 2 aromatic heterocycles. The third-order valence-electron chi connectivity index (χ3n) is 3.87. The van der Waals surface area contributed by atoms with Crippen molar-refractivity contribution in [3.8, 4) is 11.3 Å². The average molecular weight is 414 g/mol. The van der Waals surface area contributed by atoms with Gasteiger partial charge >= 0.3 is 5.97 Å². The van der Waals surface area contributed by atoms with Crippen molar-refractivity contribution in [3.05, 3.63) is 63.9 Å². The number of H-pyrrole nitrogens is 1. The maximum atomic E-state index is 11.7. The molecule has 0 bridgehead atoms. The lowest BCUT2D eigenvalue weighted by Gasteiger charge is -2.07. The van der Waals surface area contributed by atoms with Crippen LogP contribution in [-0.2, 0) is 0 Å². The number of rotatable bonds is 2. The number of nitrogens with zero attached hydrogens (tertiary/aromatic N) is 1. The summed E-state index contributed by atoms with van der Waals surface area (Å²) in [6, 6.07) is 15.2. The van der Waals surface area contributed by atoms with E-state index in [4.69, 9.17) is 0 Å². The zero-order valence-corrected chi connectivity index (χ0v) is 14.0. The van der Waals surface area contributed by atoms with Crippen molar-refractivity contribution in [1.82, 2.24) is 9.97 Å². The number of fused-ring (bicyclic) bond motifs is 2. The summed E-state index contributed by atoms with van der Waals surface area (Å²) in [5.74, 6) is -0.944. The minimum absolute atomic E-state index is 0.272. The first-order valence-electron chi connectivity index (χ1n) is 7.03. The molecule has 0 spiro atoms. The number of benzene rings is 2. The Morgan fingerprint density at radius 2 is 1.91 bits per heavy atom. The van der Waals surface area contributed by atoms with Crippen molar-refractivity contribution in [2.45, 2.75) is 0 Å². The number of hydrogen-bond donors (Lipinski definition) is 2. The maximum Gasteiger partial charge on any atom is 0.336 e. The molecule has 0 saturated heterocycles. The smallest absolute Gasteiger partial charge is 0.336 e. The topological polar surface area (TPSA) is 66.0 Å². The van der Waals surface area contributed by atoms with Gasteiger partial charge in [0.2, 0.25) is 0 Å². The number of pyridine rings is 1. The van der Waals surface area contributed by atoms with Crippen molar-refractivity contribution >= 4 is 50.4 Å². The molecule has 0 aliphatic rings. The Morgan fingerprint density at radius 1 is 1.09 bits per heavy atom. The molecule has 2 N–H and O–H groups in total. The van der Waals surface area contributed by atoms with Crippen LogP contribution < -0.4 is 0 Å². The highest BCUT2D eigenvalue weighted by atomic mass is 127. The number of nitrogens with one attached hydrogen (secondary N) is 1. The predicted molar refractivity (Wildman–Crippen MR) is 98.7 cm³/mol. The van der Waals surface area contributed by atoms with Gasteiger partial charge in [-0.25, -0.2) is 9.78 Å². The summed E-state index contributed by atoms with van der Waals surface area (Å²) in [4.78, 5) is 19.5. The van der Waals surface area contributed by atoms with Gasteiger partial charge in [0.25, 0.3) is 0 Å². The van der Waals surface area contributed by atoms with Gasteiger partial charge in [-0.2, -0.15) is 0 Å². The van der Waals surface area contributed by atoms with Gasteiger partial charge in [-0.1, -0.05) is 18.2 Å². The maximum absolute atomic E-state index is 11.7. The molecule has 4 rings (SSSR count). The summed E-state index contributed by atoms with van der Waals surface area (Å²) in [7, 11) is 0. The fraction of sp³-hybridized carbons (Fsp3) is 0. The van der Waals surface area contributed by atoms with E-state index in [1.165, 1.54) is 0 Å². The van der Waals surface area contributed by atoms with Crippen molar-refractivity contribution in [1.29, 1.82) is 0 Å². The molecule has 0 atom stereocenters. The average Bonchev–Trinajstić information content (AvgIpc) is 2.97. The van der Waals surface area contributed by atoms with Crippen molar-refractivity contribution < 1.29 is 9.90 Å². The molecule has 0 radical (unpaired) electrons. The number of carboxylic acid groups (broad SMARTS) is 1.